The van der Waals surface area contributed by atoms with Gasteiger partial charge in [0.2, 0.25) is 5.91 Å². The molecule has 1 saturated heterocycles. The van der Waals surface area contributed by atoms with Gasteiger partial charge < -0.3 is 15.5 Å². The van der Waals surface area contributed by atoms with Gasteiger partial charge in [-0.05, 0) is 61.1 Å². The Hall–Kier alpha value is -2.21. The van der Waals surface area contributed by atoms with Crippen LogP contribution in [-0.2, 0) is 17.6 Å². The van der Waals surface area contributed by atoms with Crippen molar-refractivity contribution in [1.29, 1.82) is 0 Å². The number of nitrogens with zero attached hydrogens (tertiary/aromatic N) is 1. The number of hydrogen-bond donors (Lipinski definition) is 3. The second kappa shape index (κ2) is 11.5. The lowest BCUT2D eigenvalue weighted by Gasteiger charge is -2.45. The van der Waals surface area contributed by atoms with E-state index in [9.17, 15) is 15.0 Å². The summed E-state index contributed by atoms with van der Waals surface area (Å²) in [7, 11) is 0. The van der Waals surface area contributed by atoms with Crippen LogP contribution in [0.5, 0.6) is 0 Å². The molecule has 2 aromatic rings. The number of fused-ring (bicyclic) bond motifs is 2. The minimum atomic E-state index is -0.619. The third kappa shape index (κ3) is 5.85. The summed E-state index contributed by atoms with van der Waals surface area (Å²) < 4.78 is 0. The zero-order chi connectivity index (χ0) is 25.1. The second-order valence-electron chi connectivity index (χ2n) is 11.6. The molecule has 1 amide bonds. The number of nitrogens with one attached hydrogen (secondary N) is 1. The van der Waals surface area contributed by atoms with Gasteiger partial charge in [0.05, 0.1) is 18.2 Å². The zero-order valence-corrected chi connectivity index (χ0v) is 21.6. The molecule has 2 aliphatic carbocycles. The van der Waals surface area contributed by atoms with Crippen molar-refractivity contribution in [2.75, 3.05) is 13.1 Å². The van der Waals surface area contributed by atoms with Gasteiger partial charge in [-0.25, -0.2) is 0 Å². The highest BCUT2D eigenvalue weighted by Gasteiger charge is 2.37. The summed E-state index contributed by atoms with van der Waals surface area (Å²) in [6.07, 6.45) is 6.98. The average molecular weight is 491 g/mol. The first-order valence-corrected chi connectivity index (χ1v) is 14.0. The summed E-state index contributed by atoms with van der Waals surface area (Å²) in [5.74, 6) is 1.16. The number of hydrogen-bond acceptors (Lipinski definition) is 4. The molecule has 0 spiro atoms. The van der Waals surface area contributed by atoms with Crippen molar-refractivity contribution in [1.82, 2.24) is 10.2 Å². The summed E-state index contributed by atoms with van der Waals surface area (Å²) in [5, 5.41) is 25.0. The molecule has 3 aliphatic rings. The molecule has 1 aliphatic heterocycles. The highest BCUT2D eigenvalue weighted by atomic mass is 16.3. The quantitative estimate of drug-likeness (QED) is 0.517. The van der Waals surface area contributed by atoms with E-state index in [-0.39, 0.29) is 11.8 Å². The van der Waals surface area contributed by atoms with Crippen molar-refractivity contribution in [3.63, 3.8) is 0 Å². The van der Waals surface area contributed by atoms with E-state index in [1.54, 1.807) is 0 Å². The first kappa shape index (κ1) is 25.4. The molecule has 194 valence electrons. The van der Waals surface area contributed by atoms with Crippen molar-refractivity contribution >= 4 is 5.91 Å². The number of aliphatic hydroxyl groups is 2. The minimum Gasteiger partial charge on any atom is -0.392 e. The summed E-state index contributed by atoms with van der Waals surface area (Å²) in [6.45, 7) is 3.99. The van der Waals surface area contributed by atoms with E-state index in [1.807, 2.05) is 54.6 Å². The van der Waals surface area contributed by atoms with Gasteiger partial charge in [0.25, 0.3) is 0 Å². The van der Waals surface area contributed by atoms with E-state index in [0.717, 1.165) is 35.1 Å². The lowest BCUT2D eigenvalue weighted by molar-refractivity contribution is -0.127. The van der Waals surface area contributed by atoms with E-state index in [2.05, 4.69) is 17.1 Å². The van der Waals surface area contributed by atoms with Gasteiger partial charge >= 0.3 is 0 Å². The van der Waals surface area contributed by atoms with Crippen LogP contribution in [-0.4, -0.2) is 52.4 Å². The number of rotatable bonds is 8. The van der Waals surface area contributed by atoms with Gasteiger partial charge in [0.15, 0.2) is 0 Å². The van der Waals surface area contributed by atoms with Crippen molar-refractivity contribution in [2.24, 2.45) is 17.8 Å². The molecule has 1 heterocycles. The Morgan fingerprint density at radius 1 is 1.06 bits per heavy atom. The number of amides is 1. The lowest BCUT2D eigenvalue weighted by atomic mass is 9.73. The van der Waals surface area contributed by atoms with Crippen LogP contribution >= 0.6 is 0 Å². The van der Waals surface area contributed by atoms with Crippen LogP contribution in [0, 0.1) is 17.8 Å². The number of piperidine rings is 1. The van der Waals surface area contributed by atoms with Gasteiger partial charge in [-0.15, -0.1) is 0 Å². The van der Waals surface area contributed by atoms with Gasteiger partial charge in [-0.2, -0.15) is 0 Å². The van der Waals surface area contributed by atoms with Crippen LogP contribution < -0.4 is 5.32 Å². The highest BCUT2D eigenvalue weighted by Crippen LogP contribution is 2.38. The van der Waals surface area contributed by atoms with E-state index in [1.165, 1.54) is 32.1 Å². The van der Waals surface area contributed by atoms with E-state index >= 15 is 0 Å². The highest BCUT2D eigenvalue weighted by molar-refractivity contribution is 5.79. The zero-order valence-electron chi connectivity index (χ0n) is 21.6. The maximum absolute atomic E-state index is 13.6. The Balaban J connectivity index is 1.26. The summed E-state index contributed by atoms with van der Waals surface area (Å²) in [5.41, 5.74) is 3.19. The van der Waals surface area contributed by atoms with Crippen LogP contribution in [0.15, 0.2) is 54.6 Å². The van der Waals surface area contributed by atoms with Crippen LogP contribution in [0.2, 0.25) is 0 Å². The molecule has 5 heteroatoms. The van der Waals surface area contributed by atoms with Crippen molar-refractivity contribution < 1.29 is 15.0 Å². The van der Waals surface area contributed by atoms with Gasteiger partial charge in [-0.3, -0.25) is 9.69 Å². The number of carbonyl (C=O) groups is 1. The van der Waals surface area contributed by atoms with Crippen LogP contribution in [0.4, 0.5) is 0 Å². The predicted octanol–water partition coefficient (Wildman–Crippen LogP) is 4.27. The predicted molar refractivity (Wildman–Crippen MR) is 142 cm³/mol. The normalized spacial score (nSPS) is 29.7. The average Bonchev–Trinajstić information content (AvgIpc) is 3.19. The molecule has 5 nitrogen and oxygen atoms in total. The summed E-state index contributed by atoms with van der Waals surface area (Å²) in [4.78, 5) is 16.1. The number of aliphatic hydroxyl groups excluding tert-OH is 2. The van der Waals surface area contributed by atoms with E-state index in [0.29, 0.717) is 31.8 Å². The standard InChI is InChI=1S/C31H42N2O3/c1-21-15-23-11-5-6-13-25(23)19-33(21)20-27(34)17-26(16-22-9-3-2-4-10-22)31(36)32-30-28-14-8-7-12-24(28)18-29(30)35/h2-4,7-10,12,14,21,23,25-27,29-30,34-35H,5-6,11,13,15-20H2,1H3,(H,32,36)/t21-,23+,25-,26-,27+,29-,30+/m1/s1. The molecule has 0 radical (unpaired) electrons. The molecule has 3 N–H and O–H groups in total. The summed E-state index contributed by atoms with van der Waals surface area (Å²) >= 11 is 0. The van der Waals surface area contributed by atoms with Gasteiger partial charge in [-0.1, -0.05) is 73.9 Å². The Morgan fingerprint density at radius 2 is 1.78 bits per heavy atom. The molecule has 5 rings (SSSR count). The number of β-amino-alcohol motifs (C(OH)–C–C–N with tert-alkyl or cyclic N) is 1. The third-order valence-electron chi connectivity index (χ3n) is 9.00. The van der Waals surface area contributed by atoms with Gasteiger partial charge in [0, 0.05) is 31.5 Å². The molecule has 0 unspecified atom stereocenters. The SMILES string of the molecule is C[C@@H]1C[C@@H]2CCCC[C@@H]2CN1C[C@@H](O)C[C@@H](Cc1ccccc1)C(=O)N[C@H]1c2ccccc2C[C@H]1O. The Kier molecular flexibility index (Phi) is 8.09. The Morgan fingerprint density at radius 3 is 2.58 bits per heavy atom. The molecule has 0 aromatic heterocycles. The monoisotopic (exact) mass is 490 g/mol. The first-order valence-electron chi connectivity index (χ1n) is 14.0. The topological polar surface area (TPSA) is 72.8 Å². The van der Waals surface area contributed by atoms with E-state index in [4.69, 9.17) is 0 Å². The molecule has 1 saturated carbocycles. The number of carbonyl (C=O) groups excluding carboxylic acids is 1. The first-order chi connectivity index (χ1) is 17.5. The minimum absolute atomic E-state index is 0.0855. The second-order valence-corrected chi connectivity index (χ2v) is 11.6. The molecular weight excluding hydrogens is 448 g/mol. The van der Waals surface area contributed by atoms with Crippen LogP contribution in [0.3, 0.4) is 0 Å². The fourth-order valence-electron chi connectivity index (χ4n) is 7.03. The molecular formula is C31H42N2O3. The molecule has 2 aromatic carbocycles. The Labute approximate surface area is 215 Å². The summed E-state index contributed by atoms with van der Waals surface area (Å²) in [6, 6.07) is 18.1. The van der Waals surface area contributed by atoms with Crippen molar-refractivity contribution in [3.8, 4) is 0 Å². The van der Waals surface area contributed by atoms with Gasteiger partial charge in [0.1, 0.15) is 0 Å². The molecule has 36 heavy (non-hydrogen) atoms. The van der Waals surface area contributed by atoms with Crippen molar-refractivity contribution in [3.05, 3.63) is 71.3 Å². The lowest BCUT2D eigenvalue weighted by Crippen LogP contribution is -2.50. The smallest absolute Gasteiger partial charge is 0.224 e. The molecule has 7 atom stereocenters. The fourth-order valence-corrected chi connectivity index (χ4v) is 7.03. The van der Waals surface area contributed by atoms with Crippen LogP contribution in [0.25, 0.3) is 0 Å². The third-order valence-corrected chi connectivity index (χ3v) is 9.00. The maximum atomic E-state index is 13.6. The largest absolute Gasteiger partial charge is 0.392 e. The number of benzene rings is 2. The van der Waals surface area contributed by atoms with Crippen LogP contribution in [0.1, 0.15) is 68.2 Å². The van der Waals surface area contributed by atoms with E-state index < -0.39 is 18.2 Å². The number of likely N-dealkylation sites (tertiary alicyclic amines) is 1. The maximum Gasteiger partial charge on any atom is 0.224 e. The molecule has 0 bridgehead atoms. The fraction of sp³-hybridized carbons (Fsp3) is 0.581. The van der Waals surface area contributed by atoms with Crippen molar-refractivity contribution in [2.45, 2.75) is 82.6 Å². The Bertz CT molecular complexity index is 1010. The molecule has 2 fully saturated rings.